The summed E-state index contributed by atoms with van der Waals surface area (Å²) < 4.78 is 0. The van der Waals surface area contributed by atoms with E-state index in [1.807, 2.05) is 23.1 Å². The number of amides is 2. The van der Waals surface area contributed by atoms with E-state index in [9.17, 15) is 24.6 Å². The molecule has 2 amide bonds. The van der Waals surface area contributed by atoms with Crippen LogP contribution in [-0.4, -0.2) is 70.0 Å². The van der Waals surface area contributed by atoms with E-state index in [1.165, 1.54) is 17.7 Å². The summed E-state index contributed by atoms with van der Waals surface area (Å²) in [7, 11) is 0. The van der Waals surface area contributed by atoms with Crippen LogP contribution in [0.5, 0.6) is 5.75 Å². The van der Waals surface area contributed by atoms with Gasteiger partial charge >= 0.3 is 5.97 Å². The predicted octanol–water partition coefficient (Wildman–Crippen LogP) is 1.54. The lowest BCUT2D eigenvalue weighted by Crippen LogP contribution is -2.52. The Morgan fingerprint density at radius 3 is 2.37 bits per heavy atom. The molecule has 0 aromatic heterocycles. The minimum Gasteiger partial charge on any atom is -0.507 e. The Morgan fingerprint density at radius 1 is 1.00 bits per heavy atom. The van der Waals surface area contributed by atoms with Crippen molar-refractivity contribution in [3.63, 3.8) is 0 Å². The number of carbonyl (C=O) groups is 3. The summed E-state index contributed by atoms with van der Waals surface area (Å²) in [6, 6.07) is 13.4. The van der Waals surface area contributed by atoms with Gasteiger partial charge in [-0.1, -0.05) is 30.3 Å². The smallest absolute Gasteiger partial charge is 0.339 e. The van der Waals surface area contributed by atoms with E-state index in [0.717, 1.165) is 30.6 Å². The number of carboxylic acids is 1. The van der Waals surface area contributed by atoms with Gasteiger partial charge in [0, 0.05) is 32.7 Å². The van der Waals surface area contributed by atoms with Gasteiger partial charge in [0.1, 0.15) is 11.3 Å². The molecule has 8 nitrogen and oxygen atoms in total. The van der Waals surface area contributed by atoms with Crippen LogP contribution in [0.1, 0.15) is 22.3 Å². The minimum atomic E-state index is -1.32. The average Bonchev–Trinajstić information content (AvgIpc) is 3.04. The van der Waals surface area contributed by atoms with E-state index in [4.69, 9.17) is 0 Å². The molecule has 0 radical (unpaired) electrons. The number of hydrogen-bond donors (Lipinski definition) is 2. The summed E-state index contributed by atoms with van der Waals surface area (Å²) in [6.45, 7) is 3.81. The number of rotatable bonds is 5. The van der Waals surface area contributed by atoms with Gasteiger partial charge in [-0.3, -0.25) is 19.4 Å². The molecular formula is C22H23N3O5. The molecule has 1 atom stereocenters. The molecule has 8 heteroatoms. The third-order valence-electron chi connectivity index (χ3n) is 5.69. The number of imide groups is 1. The van der Waals surface area contributed by atoms with Crippen molar-refractivity contribution in [3.8, 4) is 5.75 Å². The molecule has 2 heterocycles. The van der Waals surface area contributed by atoms with E-state index < -0.39 is 17.8 Å². The van der Waals surface area contributed by atoms with Crippen LogP contribution in [-0.2, 0) is 16.1 Å². The quantitative estimate of drug-likeness (QED) is 0.723. The maximum Gasteiger partial charge on any atom is 0.339 e. The monoisotopic (exact) mass is 409 g/mol. The predicted molar refractivity (Wildman–Crippen MR) is 109 cm³/mol. The first-order chi connectivity index (χ1) is 14.4. The van der Waals surface area contributed by atoms with Crippen molar-refractivity contribution in [2.24, 2.45) is 0 Å². The third kappa shape index (κ3) is 3.92. The van der Waals surface area contributed by atoms with Crippen molar-refractivity contribution in [1.29, 1.82) is 0 Å². The van der Waals surface area contributed by atoms with Crippen LogP contribution < -0.4 is 4.90 Å². The molecule has 4 rings (SSSR count). The lowest BCUT2D eigenvalue weighted by Gasteiger charge is -2.37. The number of carboxylic acid groups (broad SMARTS) is 1. The number of piperazine rings is 1. The van der Waals surface area contributed by atoms with Gasteiger partial charge < -0.3 is 10.2 Å². The second-order valence-corrected chi connectivity index (χ2v) is 7.59. The van der Waals surface area contributed by atoms with E-state index in [-0.39, 0.29) is 29.5 Å². The summed E-state index contributed by atoms with van der Waals surface area (Å²) in [4.78, 5) is 42.2. The van der Waals surface area contributed by atoms with Crippen molar-refractivity contribution in [1.82, 2.24) is 9.80 Å². The van der Waals surface area contributed by atoms with Crippen molar-refractivity contribution >= 4 is 23.5 Å². The van der Waals surface area contributed by atoms with Crippen molar-refractivity contribution in [3.05, 3.63) is 59.7 Å². The molecule has 30 heavy (non-hydrogen) atoms. The standard InChI is InChI=1S/C22H23N3O5/c26-19-7-6-16(12-17(19)22(29)30)25-20(27)13-18(21(25)28)24-10-8-23(9-11-24)14-15-4-2-1-3-5-15/h1-7,12,18,26H,8-11,13-14H2,(H,29,30). The zero-order valence-electron chi connectivity index (χ0n) is 16.4. The second-order valence-electron chi connectivity index (χ2n) is 7.59. The largest absolute Gasteiger partial charge is 0.507 e. The molecule has 0 bridgehead atoms. The number of nitrogens with zero attached hydrogens (tertiary/aromatic N) is 3. The summed E-state index contributed by atoms with van der Waals surface area (Å²) in [6.07, 6.45) is 0.0702. The second kappa shape index (κ2) is 8.25. The van der Waals surface area contributed by atoms with Crippen LogP contribution >= 0.6 is 0 Å². The van der Waals surface area contributed by atoms with Crippen molar-refractivity contribution < 1.29 is 24.6 Å². The normalized spacial score (nSPS) is 20.7. The number of aromatic hydroxyl groups is 1. The number of benzene rings is 2. The van der Waals surface area contributed by atoms with Gasteiger partial charge in [-0.2, -0.15) is 0 Å². The van der Waals surface area contributed by atoms with Crippen LogP contribution in [0.3, 0.4) is 0 Å². The van der Waals surface area contributed by atoms with E-state index in [2.05, 4.69) is 17.0 Å². The molecule has 2 aliphatic rings. The summed E-state index contributed by atoms with van der Waals surface area (Å²) >= 11 is 0. The molecule has 1 unspecified atom stereocenters. The molecule has 0 spiro atoms. The fourth-order valence-corrected chi connectivity index (χ4v) is 4.08. The van der Waals surface area contributed by atoms with Crippen molar-refractivity contribution in [2.45, 2.75) is 19.0 Å². The number of carbonyl (C=O) groups excluding carboxylic acids is 2. The molecule has 0 aliphatic carbocycles. The first-order valence-electron chi connectivity index (χ1n) is 9.87. The molecule has 2 aromatic rings. The minimum absolute atomic E-state index is 0.0702. The van der Waals surface area contributed by atoms with Gasteiger partial charge in [-0.05, 0) is 23.8 Å². The summed E-state index contributed by atoms with van der Waals surface area (Å²) in [5.74, 6) is -2.44. The van der Waals surface area contributed by atoms with Crippen LogP contribution in [0.25, 0.3) is 0 Å². The Bertz CT molecular complexity index is 970. The Kier molecular flexibility index (Phi) is 5.52. The van der Waals surface area contributed by atoms with Gasteiger partial charge in [-0.25, -0.2) is 9.69 Å². The highest BCUT2D eigenvalue weighted by Gasteiger charge is 2.43. The lowest BCUT2D eigenvalue weighted by molar-refractivity contribution is -0.123. The zero-order valence-corrected chi connectivity index (χ0v) is 16.4. The van der Waals surface area contributed by atoms with E-state index in [1.54, 1.807) is 0 Å². The van der Waals surface area contributed by atoms with E-state index in [0.29, 0.717) is 13.1 Å². The summed E-state index contributed by atoms with van der Waals surface area (Å²) in [5.41, 5.74) is 1.07. The number of aromatic carboxylic acids is 1. The van der Waals surface area contributed by atoms with Gasteiger partial charge in [0.2, 0.25) is 5.91 Å². The highest BCUT2D eigenvalue weighted by atomic mass is 16.4. The van der Waals surface area contributed by atoms with E-state index >= 15 is 0 Å². The maximum absolute atomic E-state index is 13.0. The molecule has 2 saturated heterocycles. The van der Waals surface area contributed by atoms with Crippen molar-refractivity contribution in [2.75, 3.05) is 31.1 Å². The lowest BCUT2D eigenvalue weighted by atomic mass is 10.1. The first kappa shape index (κ1) is 20.1. The molecule has 0 saturated carbocycles. The Morgan fingerprint density at radius 2 is 1.70 bits per heavy atom. The fourth-order valence-electron chi connectivity index (χ4n) is 4.08. The topological polar surface area (TPSA) is 101 Å². The van der Waals surface area contributed by atoms with Crippen LogP contribution in [0.15, 0.2) is 48.5 Å². The zero-order chi connectivity index (χ0) is 21.3. The molecule has 2 N–H and O–H groups in total. The number of anilines is 1. The van der Waals surface area contributed by atoms with Gasteiger partial charge in [0.25, 0.3) is 5.91 Å². The fraction of sp³-hybridized carbons (Fsp3) is 0.318. The third-order valence-corrected chi connectivity index (χ3v) is 5.69. The Hall–Kier alpha value is -3.23. The maximum atomic E-state index is 13.0. The van der Waals surface area contributed by atoms with Crippen LogP contribution in [0.4, 0.5) is 5.69 Å². The number of phenols is 1. The Balaban J connectivity index is 1.42. The molecular weight excluding hydrogens is 386 g/mol. The molecule has 2 aliphatic heterocycles. The Labute approximate surface area is 173 Å². The summed E-state index contributed by atoms with van der Waals surface area (Å²) in [5, 5.41) is 18.9. The average molecular weight is 409 g/mol. The van der Waals surface area contributed by atoms with Gasteiger partial charge in [0.05, 0.1) is 18.2 Å². The van der Waals surface area contributed by atoms with Crippen LogP contribution in [0, 0.1) is 0 Å². The highest BCUT2D eigenvalue weighted by molar-refractivity contribution is 6.22. The molecule has 156 valence electrons. The SMILES string of the molecule is O=C(O)c1cc(N2C(=O)CC(N3CCN(Cc4ccccc4)CC3)C2=O)ccc1O. The number of hydrogen-bond acceptors (Lipinski definition) is 6. The van der Waals surface area contributed by atoms with Gasteiger partial charge in [0.15, 0.2) is 0 Å². The van der Waals surface area contributed by atoms with Gasteiger partial charge in [-0.15, -0.1) is 0 Å². The van der Waals surface area contributed by atoms with Crippen LogP contribution in [0.2, 0.25) is 0 Å². The highest BCUT2D eigenvalue weighted by Crippen LogP contribution is 2.30. The molecule has 2 aromatic carbocycles. The molecule has 2 fully saturated rings. The first-order valence-corrected chi connectivity index (χ1v) is 9.87.